The summed E-state index contributed by atoms with van der Waals surface area (Å²) in [7, 11) is 1.52. The second kappa shape index (κ2) is 8.86. The van der Waals surface area contributed by atoms with Crippen molar-refractivity contribution < 1.29 is 32.8 Å². The Morgan fingerprint density at radius 3 is 2.72 bits per heavy atom. The van der Waals surface area contributed by atoms with Gasteiger partial charge in [-0.1, -0.05) is 6.07 Å². The van der Waals surface area contributed by atoms with Gasteiger partial charge in [0.25, 0.3) is 17.7 Å². The standard InChI is InChI=1S/C27H25N5O7/c1-13(2)37-23-21(14(3)39-31-23)17-7-16-8-20(38-22(16)28-10-17)27(25(34)29-26(35)30-27)12-32-11-15-5-6-18(36-4)9-19(15)24(32)33/h5-10,13H,11-12H2,1-4H3,(H2,29,30,34,35). The zero-order chi connectivity index (χ0) is 27.5. The number of methoxy groups -OCH3 is 1. The molecule has 1 atom stereocenters. The van der Waals surface area contributed by atoms with Crippen LogP contribution in [0.1, 0.15) is 41.3 Å². The third-order valence-electron chi connectivity index (χ3n) is 6.83. The molecule has 5 heterocycles. The van der Waals surface area contributed by atoms with Gasteiger partial charge in [0.05, 0.1) is 25.3 Å². The predicted molar refractivity (Wildman–Crippen MR) is 136 cm³/mol. The summed E-state index contributed by atoms with van der Waals surface area (Å²) in [6.45, 7) is 5.66. The summed E-state index contributed by atoms with van der Waals surface area (Å²) < 4.78 is 22.4. The zero-order valence-electron chi connectivity index (χ0n) is 21.7. The molecule has 2 aliphatic heterocycles. The van der Waals surface area contributed by atoms with E-state index in [1.165, 1.54) is 12.0 Å². The molecule has 39 heavy (non-hydrogen) atoms. The molecule has 4 aromatic rings. The summed E-state index contributed by atoms with van der Waals surface area (Å²) >= 11 is 0. The van der Waals surface area contributed by atoms with Gasteiger partial charge >= 0.3 is 6.03 Å². The fourth-order valence-corrected chi connectivity index (χ4v) is 5.00. The number of amides is 4. The monoisotopic (exact) mass is 531 g/mol. The number of fused-ring (bicyclic) bond motifs is 2. The molecular formula is C27H25N5O7. The number of carbonyl (C=O) groups is 3. The number of aromatic nitrogens is 2. The molecule has 2 N–H and O–H groups in total. The number of pyridine rings is 1. The fraction of sp³-hybridized carbons (Fsp3) is 0.296. The highest BCUT2D eigenvalue weighted by atomic mass is 16.5. The lowest BCUT2D eigenvalue weighted by Gasteiger charge is -2.28. The Balaban J connectivity index is 1.38. The normalized spacial score (nSPS) is 18.6. The molecule has 0 aliphatic carbocycles. The lowest BCUT2D eigenvalue weighted by molar-refractivity contribution is -0.125. The summed E-state index contributed by atoms with van der Waals surface area (Å²) in [6, 6.07) is 8.01. The number of furan rings is 1. The Bertz CT molecular complexity index is 1660. The van der Waals surface area contributed by atoms with Crippen LogP contribution >= 0.6 is 0 Å². The first-order chi connectivity index (χ1) is 18.7. The minimum absolute atomic E-state index is 0.115. The maximum absolute atomic E-state index is 13.3. The number of imide groups is 1. The van der Waals surface area contributed by atoms with Gasteiger partial charge < -0.3 is 28.6 Å². The van der Waals surface area contributed by atoms with Gasteiger partial charge in [-0.3, -0.25) is 14.9 Å². The number of urea groups is 1. The van der Waals surface area contributed by atoms with Crippen molar-refractivity contribution >= 4 is 28.9 Å². The number of nitrogens with zero attached hydrogens (tertiary/aromatic N) is 3. The fourth-order valence-electron chi connectivity index (χ4n) is 5.00. The van der Waals surface area contributed by atoms with Crippen LogP contribution in [0.15, 0.2) is 45.5 Å². The average Bonchev–Trinajstić information content (AvgIpc) is 3.63. The third-order valence-corrected chi connectivity index (χ3v) is 6.83. The van der Waals surface area contributed by atoms with Crippen molar-refractivity contribution in [2.24, 2.45) is 0 Å². The minimum atomic E-state index is -1.65. The van der Waals surface area contributed by atoms with Gasteiger partial charge in [0, 0.05) is 29.3 Å². The van der Waals surface area contributed by atoms with Crippen molar-refractivity contribution in [3.05, 3.63) is 59.2 Å². The highest BCUT2D eigenvalue weighted by Crippen LogP contribution is 2.38. The zero-order valence-corrected chi connectivity index (χ0v) is 21.7. The molecule has 0 saturated carbocycles. The molecule has 2 aliphatic rings. The van der Waals surface area contributed by atoms with Crippen molar-refractivity contribution in [3.63, 3.8) is 0 Å². The molecule has 0 spiro atoms. The van der Waals surface area contributed by atoms with Gasteiger partial charge in [-0.15, -0.1) is 0 Å². The predicted octanol–water partition coefficient (Wildman–Crippen LogP) is 3.28. The van der Waals surface area contributed by atoms with Gasteiger partial charge in [0.1, 0.15) is 17.3 Å². The van der Waals surface area contributed by atoms with Gasteiger partial charge in [-0.25, -0.2) is 9.78 Å². The summed E-state index contributed by atoms with van der Waals surface area (Å²) in [5.74, 6) is 0.681. The molecule has 200 valence electrons. The number of hydrogen-bond acceptors (Lipinski definition) is 9. The summed E-state index contributed by atoms with van der Waals surface area (Å²) in [5.41, 5.74) is 1.20. The van der Waals surface area contributed by atoms with Crippen molar-refractivity contribution in [1.82, 2.24) is 25.7 Å². The molecule has 0 radical (unpaired) electrons. The largest absolute Gasteiger partial charge is 0.497 e. The third kappa shape index (κ3) is 3.95. The maximum Gasteiger partial charge on any atom is 0.322 e. The van der Waals surface area contributed by atoms with E-state index in [2.05, 4.69) is 20.8 Å². The number of ether oxygens (including phenoxy) is 2. The van der Waals surface area contributed by atoms with Crippen LogP contribution in [0.3, 0.4) is 0 Å². The first kappa shape index (κ1) is 24.5. The van der Waals surface area contributed by atoms with Crippen molar-refractivity contribution in [2.45, 2.75) is 39.0 Å². The Morgan fingerprint density at radius 1 is 1.18 bits per heavy atom. The SMILES string of the molecule is COc1ccc2c(c1)C(=O)N(CC1(c3cc4cc(-c5c(OC(C)C)noc5C)cnc4o3)NC(=O)NC1=O)C2. The molecule has 3 aromatic heterocycles. The van der Waals surface area contributed by atoms with Crippen LogP contribution in [0.5, 0.6) is 11.6 Å². The van der Waals surface area contributed by atoms with E-state index in [4.69, 9.17) is 18.4 Å². The molecule has 1 saturated heterocycles. The van der Waals surface area contributed by atoms with E-state index in [1.54, 1.807) is 31.3 Å². The molecule has 4 amide bonds. The molecule has 1 fully saturated rings. The molecule has 1 unspecified atom stereocenters. The topological polar surface area (TPSA) is 149 Å². The van der Waals surface area contributed by atoms with Crippen LogP contribution in [-0.4, -0.2) is 52.6 Å². The molecule has 6 rings (SSSR count). The summed E-state index contributed by atoms with van der Waals surface area (Å²) in [4.78, 5) is 44.8. The van der Waals surface area contributed by atoms with Crippen LogP contribution in [0, 0.1) is 6.92 Å². The smallest absolute Gasteiger partial charge is 0.322 e. The van der Waals surface area contributed by atoms with Crippen molar-refractivity contribution in [1.29, 1.82) is 0 Å². The van der Waals surface area contributed by atoms with Gasteiger partial charge in [-0.2, -0.15) is 0 Å². The number of rotatable bonds is 7. The van der Waals surface area contributed by atoms with Crippen molar-refractivity contribution in [2.75, 3.05) is 13.7 Å². The lowest BCUT2D eigenvalue weighted by Crippen LogP contribution is -2.52. The first-order valence-electron chi connectivity index (χ1n) is 12.3. The van der Waals surface area contributed by atoms with E-state index in [0.29, 0.717) is 39.5 Å². The van der Waals surface area contributed by atoms with Gasteiger partial charge in [-0.05, 0) is 55.8 Å². The minimum Gasteiger partial charge on any atom is -0.497 e. The Kier molecular flexibility index (Phi) is 5.56. The van der Waals surface area contributed by atoms with Crippen LogP contribution in [0.4, 0.5) is 4.79 Å². The van der Waals surface area contributed by atoms with Crippen LogP contribution in [-0.2, 0) is 16.9 Å². The van der Waals surface area contributed by atoms with E-state index in [1.807, 2.05) is 26.0 Å². The molecular weight excluding hydrogens is 506 g/mol. The highest BCUT2D eigenvalue weighted by Gasteiger charge is 2.53. The van der Waals surface area contributed by atoms with E-state index >= 15 is 0 Å². The summed E-state index contributed by atoms with van der Waals surface area (Å²) in [5, 5.41) is 9.55. The van der Waals surface area contributed by atoms with Crippen LogP contribution in [0.25, 0.3) is 22.2 Å². The van der Waals surface area contributed by atoms with Gasteiger partial charge in [0.15, 0.2) is 5.54 Å². The molecule has 12 nitrogen and oxygen atoms in total. The van der Waals surface area contributed by atoms with Gasteiger partial charge in [0.2, 0.25) is 5.71 Å². The molecule has 1 aromatic carbocycles. The van der Waals surface area contributed by atoms with E-state index < -0.39 is 17.5 Å². The quantitative estimate of drug-likeness (QED) is 0.343. The molecule has 12 heteroatoms. The first-order valence-corrected chi connectivity index (χ1v) is 12.3. The number of aryl methyl sites for hydroxylation is 1. The number of carbonyl (C=O) groups excluding carboxylic acids is 3. The van der Waals surface area contributed by atoms with Crippen molar-refractivity contribution in [3.8, 4) is 22.8 Å². The van der Waals surface area contributed by atoms with E-state index in [9.17, 15) is 14.4 Å². The second-order valence-electron chi connectivity index (χ2n) is 9.81. The average molecular weight is 532 g/mol. The Morgan fingerprint density at radius 2 is 2.00 bits per heavy atom. The Labute approximate surface area is 222 Å². The van der Waals surface area contributed by atoms with E-state index in [-0.39, 0.29) is 36.6 Å². The second-order valence-corrected chi connectivity index (χ2v) is 9.81. The maximum atomic E-state index is 13.3. The summed E-state index contributed by atoms with van der Waals surface area (Å²) in [6.07, 6.45) is 1.48. The number of hydrogen-bond donors (Lipinski definition) is 2. The number of benzene rings is 1. The molecule has 0 bridgehead atoms. The number of nitrogens with one attached hydrogen (secondary N) is 2. The highest BCUT2D eigenvalue weighted by molar-refractivity contribution is 6.08. The lowest BCUT2D eigenvalue weighted by atomic mass is 9.95. The van der Waals surface area contributed by atoms with Crippen LogP contribution < -0.4 is 20.1 Å². The Hall–Kier alpha value is -4.87. The van der Waals surface area contributed by atoms with Crippen LogP contribution in [0.2, 0.25) is 0 Å². The van der Waals surface area contributed by atoms with E-state index in [0.717, 1.165) is 5.56 Å².